The minimum atomic E-state index is 0.649. The first-order valence-corrected chi connectivity index (χ1v) is 6.60. The highest BCUT2D eigenvalue weighted by Gasteiger charge is 2.19. The Morgan fingerprint density at radius 3 is 3.00 bits per heavy atom. The molecule has 0 spiro atoms. The summed E-state index contributed by atoms with van der Waals surface area (Å²) >= 11 is 0. The van der Waals surface area contributed by atoms with Gasteiger partial charge in [-0.05, 0) is 45.3 Å². The maximum Gasteiger partial charge on any atom is 0.105 e. The van der Waals surface area contributed by atoms with Gasteiger partial charge < -0.3 is 14.6 Å². The van der Waals surface area contributed by atoms with E-state index in [1.165, 1.54) is 24.9 Å². The molecule has 0 aliphatic carbocycles. The van der Waals surface area contributed by atoms with Crippen molar-refractivity contribution in [1.82, 2.24) is 10.2 Å². The van der Waals surface area contributed by atoms with E-state index in [2.05, 4.69) is 30.3 Å². The Bertz CT molecular complexity index is 348. The lowest BCUT2D eigenvalue weighted by Gasteiger charge is -2.31. The minimum Gasteiger partial charge on any atom is -0.469 e. The Morgan fingerprint density at radius 1 is 1.53 bits per heavy atom. The van der Waals surface area contributed by atoms with E-state index < -0.39 is 0 Å². The van der Waals surface area contributed by atoms with Crippen LogP contribution in [0.15, 0.2) is 16.7 Å². The molecule has 2 atom stereocenters. The second-order valence-corrected chi connectivity index (χ2v) is 5.48. The third-order valence-electron chi connectivity index (χ3n) is 3.70. The molecule has 1 N–H and O–H groups in total. The third-order valence-corrected chi connectivity index (χ3v) is 3.70. The first-order valence-electron chi connectivity index (χ1n) is 6.60. The highest BCUT2D eigenvalue weighted by atomic mass is 16.3. The maximum atomic E-state index is 5.33. The molecular formula is C14H24N2O. The van der Waals surface area contributed by atoms with Gasteiger partial charge in [0.25, 0.3) is 0 Å². The molecule has 2 heterocycles. The average Bonchev–Trinajstić information content (AvgIpc) is 2.64. The normalized spacial score (nSPS) is 25.4. The molecule has 0 amide bonds. The minimum absolute atomic E-state index is 0.649. The summed E-state index contributed by atoms with van der Waals surface area (Å²) in [5.41, 5.74) is 1.30. The molecule has 1 aromatic rings. The summed E-state index contributed by atoms with van der Waals surface area (Å²) < 4.78 is 5.33. The summed E-state index contributed by atoms with van der Waals surface area (Å²) in [7, 11) is 2.19. The summed E-state index contributed by atoms with van der Waals surface area (Å²) in [5, 5.41) is 3.61. The third kappa shape index (κ3) is 3.58. The molecule has 3 nitrogen and oxygen atoms in total. The first kappa shape index (κ1) is 12.7. The highest BCUT2D eigenvalue weighted by Crippen LogP contribution is 2.17. The quantitative estimate of drug-likeness (QED) is 0.870. The highest BCUT2D eigenvalue weighted by molar-refractivity contribution is 5.15. The van der Waals surface area contributed by atoms with Gasteiger partial charge in [0.05, 0.1) is 6.26 Å². The van der Waals surface area contributed by atoms with Crippen LogP contribution in [0.5, 0.6) is 0 Å². The van der Waals surface area contributed by atoms with Crippen LogP contribution in [0.4, 0.5) is 0 Å². The van der Waals surface area contributed by atoms with Gasteiger partial charge in [0.15, 0.2) is 0 Å². The lowest BCUT2D eigenvalue weighted by atomic mass is 9.94. The fourth-order valence-electron chi connectivity index (χ4n) is 2.67. The van der Waals surface area contributed by atoms with E-state index >= 15 is 0 Å². The molecular weight excluding hydrogens is 212 g/mol. The summed E-state index contributed by atoms with van der Waals surface area (Å²) in [5.74, 6) is 1.91. The molecule has 0 saturated carbocycles. The number of likely N-dealkylation sites (N-methyl/N-ethyl adjacent to an activating group) is 1. The van der Waals surface area contributed by atoms with Crippen LogP contribution in [-0.4, -0.2) is 31.1 Å². The van der Waals surface area contributed by atoms with Crippen molar-refractivity contribution in [2.24, 2.45) is 5.92 Å². The fraction of sp³-hybridized carbons (Fsp3) is 0.714. The molecule has 2 unspecified atom stereocenters. The van der Waals surface area contributed by atoms with Gasteiger partial charge in [-0.3, -0.25) is 0 Å². The fourth-order valence-corrected chi connectivity index (χ4v) is 2.67. The van der Waals surface area contributed by atoms with Crippen LogP contribution in [0, 0.1) is 12.8 Å². The average molecular weight is 236 g/mol. The largest absolute Gasteiger partial charge is 0.469 e. The Balaban J connectivity index is 1.80. The molecule has 0 bridgehead atoms. The van der Waals surface area contributed by atoms with Crippen LogP contribution >= 0.6 is 0 Å². The Kier molecular flexibility index (Phi) is 4.24. The van der Waals surface area contributed by atoms with Crippen molar-refractivity contribution in [2.45, 2.75) is 39.3 Å². The van der Waals surface area contributed by atoms with Crippen molar-refractivity contribution >= 4 is 0 Å². The predicted molar refractivity (Wildman–Crippen MR) is 70.0 cm³/mol. The second-order valence-electron chi connectivity index (χ2n) is 5.48. The van der Waals surface area contributed by atoms with Crippen LogP contribution in [0.1, 0.15) is 31.1 Å². The zero-order valence-corrected chi connectivity index (χ0v) is 11.2. The molecule has 1 aliphatic heterocycles. The van der Waals surface area contributed by atoms with Crippen molar-refractivity contribution in [2.75, 3.05) is 20.1 Å². The number of hydrogen-bond donors (Lipinski definition) is 1. The first-order chi connectivity index (χ1) is 8.15. The molecule has 0 aromatic carbocycles. The number of nitrogens with zero attached hydrogens (tertiary/aromatic N) is 1. The molecule has 2 rings (SSSR count). The number of furan rings is 1. The van der Waals surface area contributed by atoms with Gasteiger partial charge in [0, 0.05) is 24.7 Å². The van der Waals surface area contributed by atoms with Crippen molar-refractivity contribution in [1.29, 1.82) is 0 Å². The van der Waals surface area contributed by atoms with Gasteiger partial charge in [0.2, 0.25) is 0 Å². The van der Waals surface area contributed by atoms with Crippen molar-refractivity contribution < 1.29 is 4.42 Å². The van der Waals surface area contributed by atoms with Gasteiger partial charge in [-0.25, -0.2) is 0 Å². The molecule has 1 saturated heterocycles. The van der Waals surface area contributed by atoms with Gasteiger partial charge in [0.1, 0.15) is 5.76 Å². The Labute approximate surface area is 104 Å². The van der Waals surface area contributed by atoms with Gasteiger partial charge in [-0.15, -0.1) is 0 Å². The van der Waals surface area contributed by atoms with E-state index in [1.54, 1.807) is 6.26 Å². The summed E-state index contributed by atoms with van der Waals surface area (Å²) in [6.07, 6.45) is 4.40. The molecule has 96 valence electrons. The topological polar surface area (TPSA) is 28.4 Å². The SMILES string of the molecule is Cc1occc1CN(C)CC1CC(C)CCN1. The number of rotatable bonds is 4. The molecule has 0 radical (unpaired) electrons. The van der Waals surface area contributed by atoms with Gasteiger partial charge in [-0.2, -0.15) is 0 Å². The van der Waals surface area contributed by atoms with E-state index in [0.29, 0.717) is 6.04 Å². The molecule has 1 aliphatic rings. The van der Waals surface area contributed by atoms with Crippen molar-refractivity contribution in [3.63, 3.8) is 0 Å². The number of piperidine rings is 1. The smallest absolute Gasteiger partial charge is 0.105 e. The second kappa shape index (κ2) is 5.69. The molecule has 1 fully saturated rings. The van der Waals surface area contributed by atoms with Gasteiger partial charge >= 0.3 is 0 Å². The van der Waals surface area contributed by atoms with E-state index in [-0.39, 0.29) is 0 Å². The predicted octanol–water partition coefficient (Wildman–Crippen LogP) is 2.41. The zero-order chi connectivity index (χ0) is 12.3. The van der Waals surface area contributed by atoms with E-state index in [4.69, 9.17) is 4.42 Å². The van der Waals surface area contributed by atoms with Crippen LogP contribution in [0.2, 0.25) is 0 Å². The van der Waals surface area contributed by atoms with Crippen LogP contribution in [-0.2, 0) is 6.54 Å². The van der Waals surface area contributed by atoms with Gasteiger partial charge in [-0.1, -0.05) is 6.92 Å². The summed E-state index contributed by atoms with van der Waals surface area (Å²) in [6.45, 7) is 7.66. The number of aryl methyl sites for hydroxylation is 1. The lowest BCUT2D eigenvalue weighted by molar-refractivity contribution is 0.229. The maximum absolute atomic E-state index is 5.33. The van der Waals surface area contributed by atoms with Crippen LogP contribution in [0.25, 0.3) is 0 Å². The Morgan fingerprint density at radius 2 is 2.35 bits per heavy atom. The van der Waals surface area contributed by atoms with Crippen molar-refractivity contribution in [3.8, 4) is 0 Å². The summed E-state index contributed by atoms with van der Waals surface area (Å²) in [4.78, 5) is 2.38. The molecule has 17 heavy (non-hydrogen) atoms. The van der Waals surface area contributed by atoms with E-state index in [9.17, 15) is 0 Å². The van der Waals surface area contributed by atoms with Crippen molar-refractivity contribution in [3.05, 3.63) is 23.7 Å². The number of nitrogens with one attached hydrogen (secondary N) is 1. The van der Waals surface area contributed by atoms with E-state index in [1.807, 2.05) is 6.92 Å². The number of hydrogen-bond acceptors (Lipinski definition) is 3. The molecule has 1 aromatic heterocycles. The Hall–Kier alpha value is -0.800. The van der Waals surface area contributed by atoms with Crippen LogP contribution in [0.3, 0.4) is 0 Å². The lowest BCUT2D eigenvalue weighted by Crippen LogP contribution is -2.44. The standard InChI is InChI=1S/C14H24N2O/c1-11-4-6-15-14(8-11)10-16(3)9-13-5-7-17-12(13)2/h5,7,11,14-15H,4,6,8-10H2,1-3H3. The monoisotopic (exact) mass is 236 g/mol. The zero-order valence-electron chi connectivity index (χ0n) is 11.2. The molecule has 3 heteroatoms. The van der Waals surface area contributed by atoms with Crippen LogP contribution < -0.4 is 5.32 Å². The summed E-state index contributed by atoms with van der Waals surface area (Å²) in [6, 6.07) is 2.72. The van der Waals surface area contributed by atoms with E-state index in [0.717, 1.165) is 24.8 Å².